The second kappa shape index (κ2) is 4.65. The number of halogens is 3. The van der Waals surface area contributed by atoms with E-state index < -0.39 is 12.7 Å². The molecule has 0 aromatic heterocycles. The Balaban J connectivity index is 1.93. The molecule has 1 aliphatic heterocycles. The van der Waals surface area contributed by atoms with Crippen molar-refractivity contribution in [3.8, 4) is 0 Å². The third kappa shape index (κ3) is 2.77. The smallest absolute Gasteiger partial charge is 0.360 e. The van der Waals surface area contributed by atoms with Gasteiger partial charge in [-0.1, -0.05) is 18.2 Å². The lowest BCUT2D eigenvalue weighted by molar-refractivity contribution is -0.120. The van der Waals surface area contributed by atoms with E-state index in [4.69, 9.17) is 0 Å². The molecule has 1 aromatic rings. The van der Waals surface area contributed by atoms with Gasteiger partial charge in [0, 0.05) is 24.3 Å². The van der Waals surface area contributed by atoms with Crippen LogP contribution in [0.4, 0.5) is 18.9 Å². The summed E-state index contributed by atoms with van der Waals surface area (Å²) in [5.74, 6) is 0.493. The summed E-state index contributed by atoms with van der Waals surface area (Å²) in [6, 6.07) is 7.39. The van der Waals surface area contributed by atoms with Crippen LogP contribution in [0, 0.1) is 5.92 Å². The van der Waals surface area contributed by atoms with Gasteiger partial charge in [0.25, 0.3) is 0 Å². The average Bonchev–Trinajstić information content (AvgIpc) is 3.18. The zero-order chi connectivity index (χ0) is 14.4. The highest BCUT2D eigenvalue weighted by Gasteiger charge is 2.45. The molecule has 1 atom stereocenters. The summed E-state index contributed by atoms with van der Waals surface area (Å²) in [5.41, 5.74) is 1.42. The van der Waals surface area contributed by atoms with Crippen molar-refractivity contribution >= 4 is 5.69 Å². The molecular weight excluding hydrogens is 265 g/mol. The molecule has 3 rings (SSSR count). The van der Waals surface area contributed by atoms with Crippen molar-refractivity contribution in [2.24, 2.45) is 5.92 Å². The Hall–Kier alpha value is -1.23. The third-order valence-electron chi connectivity index (χ3n) is 4.38. The Morgan fingerprint density at radius 3 is 2.65 bits per heavy atom. The number of anilines is 1. The molecule has 0 amide bonds. The first-order valence-electron chi connectivity index (χ1n) is 7.02. The molecule has 20 heavy (non-hydrogen) atoms. The van der Waals surface area contributed by atoms with Crippen LogP contribution in [0.15, 0.2) is 24.3 Å². The molecule has 2 aliphatic rings. The molecule has 0 spiro atoms. The van der Waals surface area contributed by atoms with Gasteiger partial charge in [0.2, 0.25) is 0 Å². The minimum Gasteiger partial charge on any atom is -0.360 e. The monoisotopic (exact) mass is 284 g/mol. The first-order chi connectivity index (χ1) is 9.37. The van der Waals surface area contributed by atoms with Gasteiger partial charge in [-0.2, -0.15) is 13.2 Å². The van der Waals surface area contributed by atoms with Crippen LogP contribution in [0.3, 0.4) is 0 Å². The lowest BCUT2D eigenvalue weighted by atomic mass is 9.95. The van der Waals surface area contributed by atoms with Crippen molar-refractivity contribution in [3.05, 3.63) is 29.8 Å². The van der Waals surface area contributed by atoms with E-state index in [2.05, 4.69) is 12.2 Å². The van der Waals surface area contributed by atoms with Gasteiger partial charge in [-0.15, -0.1) is 0 Å². The molecule has 5 heteroatoms. The molecule has 1 saturated carbocycles. The lowest BCUT2D eigenvalue weighted by Crippen LogP contribution is -2.52. The van der Waals surface area contributed by atoms with E-state index in [-0.39, 0.29) is 5.54 Å². The standard InChI is InChI=1S/C15H19F3N2/c1-14(12-6-7-12)9-20(10-15(16,17)18)13-5-3-2-4-11(13)8-19-14/h2-5,12,19H,6-10H2,1H3. The number of para-hydroxylation sites is 1. The Kier molecular flexibility index (Phi) is 3.20. The lowest BCUT2D eigenvalue weighted by Gasteiger charge is -2.35. The van der Waals surface area contributed by atoms with Crippen molar-refractivity contribution in [2.75, 3.05) is 18.0 Å². The number of nitrogens with one attached hydrogen (secondary N) is 1. The number of alkyl halides is 3. The molecule has 0 bridgehead atoms. The molecule has 1 aromatic carbocycles. The summed E-state index contributed by atoms with van der Waals surface area (Å²) in [5, 5.41) is 3.48. The van der Waals surface area contributed by atoms with E-state index in [0.717, 1.165) is 18.4 Å². The van der Waals surface area contributed by atoms with E-state index in [0.29, 0.717) is 24.7 Å². The van der Waals surface area contributed by atoms with Crippen LogP contribution in [0.5, 0.6) is 0 Å². The Labute approximate surface area is 117 Å². The maximum absolute atomic E-state index is 12.9. The molecule has 1 fully saturated rings. The van der Waals surface area contributed by atoms with Gasteiger partial charge in [0.1, 0.15) is 6.54 Å². The fourth-order valence-corrected chi connectivity index (χ4v) is 3.15. The maximum Gasteiger partial charge on any atom is 0.405 e. The minimum atomic E-state index is -4.18. The van der Waals surface area contributed by atoms with Gasteiger partial charge in [0.05, 0.1) is 0 Å². The van der Waals surface area contributed by atoms with E-state index in [1.54, 1.807) is 6.07 Å². The van der Waals surface area contributed by atoms with E-state index >= 15 is 0 Å². The van der Waals surface area contributed by atoms with Gasteiger partial charge in [0.15, 0.2) is 0 Å². The predicted molar refractivity (Wildman–Crippen MR) is 72.7 cm³/mol. The van der Waals surface area contributed by atoms with Crippen molar-refractivity contribution < 1.29 is 13.2 Å². The van der Waals surface area contributed by atoms with Gasteiger partial charge < -0.3 is 10.2 Å². The average molecular weight is 284 g/mol. The summed E-state index contributed by atoms with van der Waals surface area (Å²) in [4.78, 5) is 1.49. The number of hydrogen-bond acceptors (Lipinski definition) is 2. The van der Waals surface area contributed by atoms with Gasteiger partial charge in [-0.25, -0.2) is 0 Å². The largest absolute Gasteiger partial charge is 0.405 e. The topological polar surface area (TPSA) is 15.3 Å². The molecule has 1 N–H and O–H groups in total. The zero-order valence-corrected chi connectivity index (χ0v) is 11.5. The van der Waals surface area contributed by atoms with Crippen LogP contribution in [-0.4, -0.2) is 24.8 Å². The van der Waals surface area contributed by atoms with Crippen molar-refractivity contribution in [1.29, 1.82) is 0 Å². The van der Waals surface area contributed by atoms with Crippen LogP contribution in [-0.2, 0) is 6.54 Å². The number of fused-ring (bicyclic) bond motifs is 1. The highest BCUT2D eigenvalue weighted by atomic mass is 19.4. The van der Waals surface area contributed by atoms with Crippen molar-refractivity contribution in [1.82, 2.24) is 5.32 Å². The normalized spacial score (nSPS) is 27.1. The van der Waals surface area contributed by atoms with Gasteiger partial charge in [-0.3, -0.25) is 0 Å². The zero-order valence-electron chi connectivity index (χ0n) is 11.5. The molecule has 2 nitrogen and oxygen atoms in total. The highest BCUT2D eigenvalue weighted by molar-refractivity contribution is 5.55. The van der Waals surface area contributed by atoms with Crippen LogP contribution in [0.2, 0.25) is 0 Å². The quantitative estimate of drug-likeness (QED) is 0.896. The maximum atomic E-state index is 12.9. The summed E-state index contributed by atoms with van der Waals surface area (Å²) in [7, 11) is 0. The van der Waals surface area contributed by atoms with Gasteiger partial charge >= 0.3 is 6.18 Å². The first-order valence-corrected chi connectivity index (χ1v) is 7.02. The number of nitrogens with zero attached hydrogens (tertiary/aromatic N) is 1. The third-order valence-corrected chi connectivity index (χ3v) is 4.38. The van der Waals surface area contributed by atoms with Crippen LogP contribution in [0.25, 0.3) is 0 Å². The summed E-state index contributed by atoms with van der Waals surface area (Å²) < 4.78 is 38.6. The second-order valence-corrected chi connectivity index (χ2v) is 6.15. The summed E-state index contributed by atoms with van der Waals surface area (Å²) >= 11 is 0. The van der Waals surface area contributed by atoms with E-state index in [9.17, 15) is 13.2 Å². The van der Waals surface area contributed by atoms with Crippen LogP contribution >= 0.6 is 0 Å². The molecule has 0 radical (unpaired) electrons. The summed E-state index contributed by atoms with van der Waals surface area (Å²) in [6.45, 7) is 2.22. The number of rotatable bonds is 2. The Morgan fingerprint density at radius 1 is 1.30 bits per heavy atom. The van der Waals surface area contributed by atoms with E-state index in [1.165, 1.54) is 4.90 Å². The molecule has 1 aliphatic carbocycles. The van der Waals surface area contributed by atoms with E-state index in [1.807, 2.05) is 18.2 Å². The van der Waals surface area contributed by atoms with Crippen LogP contribution in [0.1, 0.15) is 25.3 Å². The van der Waals surface area contributed by atoms with Crippen molar-refractivity contribution in [2.45, 2.75) is 38.0 Å². The number of hydrogen-bond donors (Lipinski definition) is 1. The van der Waals surface area contributed by atoms with Crippen LogP contribution < -0.4 is 10.2 Å². The van der Waals surface area contributed by atoms with Gasteiger partial charge in [-0.05, 0) is 37.3 Å². The summed E-state index contributed by atoms with van der Waals surface area (Å²) in [6.07, 6.45) is -1.96. The fraction of sp³-hybridized carbons (Fsp3) is 0.600. The second-order valence-electron chi connectivity index (χ2n) is 6.15. The molecule has 0 saturated heterocycles. The highest BCUT2D eigenvalue weighted by Crippen LogP contribution is 2.42. The predicted octanol–water partition coefficient (Wildman–Crippen LogP) is 3.33. The SMILES string of the molecule is CC1(C2CC2)CN(CC(F)(F)F)c2ccccc2CN1. The number of benzene rings is 1. The molecule has 1 unspecified atom stereocenters. The Morgan fingerprint density at radius 2 is 2.00 bits per heavy atom. The molecule has 110 valence electrons. The fourth-order valence-electron chi connectivity index (χ4n) is 3.15. The minimum absolute atomic E-state index is 0.232. The Bertz CT molecular complexity index is 496. The first kappa shape index (κ1) is 13.7. The van der Waals surface area contributed by atoms with Crippen molar-refractivity contribution in [3.63, 3.8) is 0 Å². The molecular formula is C15H19F3N2. The molecule has 1 heterocycles.